The van der Waals surface area contributed by atoms with E-state index in [1.54, 1.807) is 51.7 Å². The van der Waals surface area contributed by atoms with Crippen LogP contribution in [0.15, 0.2) is 116 Å². The maximum absolute atomic E-state index is 14.3. The maximum atomic E-state index is 14.3. The van der Waals surface area contributed by atoms with E-state index in [9.17, 15) is 18.4 Å². The fourth-order valence-electron chi connectivity index (χ4n) is 4.90. The van der Waals surface area contributed by atoms with Crippen molar-refractivity contribution in [2.75, 3.05) is 28.2 Å². The first kappa shape index (κ1) is 36.6. The van der Waals surface area contributed by atoms with Crippen LogP contribution >= 0.6 is 0 Å². The highest BCUT2D eigenvalue weighted by Crippen LogP contribution is 2.33. The van der Waals surface area contributed by atoms with Crippen LogP contribution in [0.4, 0.5) is 8.78 Å². The molecule has 0 radical (unpaired) electrons. The zero-order valence-corrected chi connectivity index (χ0v) is 28.7. The van der Waals surface area contributed by atoms with E-state index < -0.39 is 11.6 Å². The number of hydrogen-bond donors (Lipinski definition) is 0. The summed E-state index contributed by atoms with van der Waals surface area (Å²) in [6.07, 6.45) is 6.47. The largest absolute Gasteiger partial charge is 0.345 e. The highest BCUT2D eigenvalue weighted by molar-refractivity contribution is 6.06. The number of aromatic nitrogens is 5. The molecule has 0 spiro atoms. The van der Waals surface area contributed by atoms with Gasteiger partial charge in [0.1, 0.15) is 23.0 Å². The smallest absolute Gasteiger partial charge is 0.256 e. The van der Waals surface area contributed by atoms with Crippen LogP contribution in [0.2, 0.25) is 0 Å². The number of carbonyl (C=O) groups is 2. The Morgan fingerprint density at radius 3 is 1.50 bits per heavy atom. The Hall–Kier alpha value is -6.23. The van der Waals surface area contributed by atoms with Crippen molar-refractivity contribution in [1.82, 2.24) is 35.2 Å². The molecule has 0 fully saturated rings. The third kappa shape index (κ3) is 8.43. The molecule has 3 heterocycles. The minimum atomic E-state index is -0.799. The van der Waals surface area contributed by atoms with Gasteiger partial charge in [0, 0.05) is 68.9 Å². The molecule has 50 heavy (non-hydrogen) atoms. The Morgan fingerprint density at radius 1 is 0.560 bits per heavy atom. The average Bonchev–Trinajstić information content (AvgIpc) is 3.15. The Labute approximate surface area is 290 Å². The van der Waals surface area contributed by atoms with Crippen LogP contribution in [0.1, 0.15) is 34.6 Å². The van der Waals surface area contributed by atoms with Gasteiger partial charge in [0.25, 0.3) is 11.8 Å². The van der Waals surface area contributed by atoms with Gasteiger partial charge in [0.2, 0.25) is 0 Å². The number of hydrogen-bond acceptors (Lipinski definition) is 7. The molecule has 6 aromatic rings. The van der Waals surface area contributed by atoms with E-state index >= 15 is 0 Å². The highest BCUT2D eigenvalue weighted by atomic mass is 19.1. The van der Waals surface area contributed by atoms with Crippen LogP contribution in [0.25, 0.3) is 44.8 Å². The van der Waals surface area contributed by atoms with Gasteiger partial charge in [-0.05, 0) is 35.4 Å². The van der Waals surface area contributed by atoms with Crippen LogP contribution in [0.3, 0.4) is 0 Å². The van der Waals surface area contributed by atoms with Crippen molar-refractivity contribution in [3.8, 4) is 44.8 Å². The SMILES string of the molecule is CC.CN(C)C(=O)c1c(-c2ccccc2)cnnc1-c1ccc(F)cc1F.CN(C)C(=O)c1c(-c2ccccc2)cnnc1-c1cccnc1. The lowest BCUT2D eigenvalue weighted by Crippen LogP contribution is -2.24. The molecule has 0 bridgehead atoms. The molecular weight excluding hydrogens is 636 g/mol. The first-order chi connectivity index (χ1) is 24.2. The van der Waals surface area contributed by atoms with Crippen LogP contribution < -0.4 is 0 Å². The monoisotopic (exact) mass is 673 g/mol. The van der Waals surface area contributed by atoms with Gasteiger partial charge in [-0.1, -0.05) is 74.5 Å². The van der Waals surface area contributed by atoms with Gasteiger partial charge in [-0.25, -0.2) is 8.78 Å². The van der Waals surface area contributed by atoms with E-state index in [-0.39, 0.29) is 28.6 Å². The summed E-state index contributed by atoms with van der Waals surface area (Å²) in [7, 11) is 6.65. The standard InChI is InChI=1S/C19H15F2N3O.C18H16N4O.C2H6/c1-24(2)19(25)17-15(12-6-4-3-5-7-12)11-22-23-18(17)14-9-8-13(20)10-16(14)21;1-22(2)18(23)16-15(13-7-4-3-5-8-13)12-20-21-17(16)14-9-6-10-19-11-14;1-2/h3-11H,1-2H3;3-12H,1-2H3;1-2H3. The number of pyridine rings is 1. The van der Waals surface area contributed by atoms with E-state index in [2.05, 4.69) is 25.4 Å². The lowest BCUT2D eigenvalue weighted by atomic mass is 9.96. The second-order valence-corrected chi connectivity index (χ2v) is 11.0. The van der Waals surface area contributed by atoms with Crippen molar-refractivity contribution < 1.29 is 18.4 Å². The summed E-state index contributed by atoms with van der Waals surface area (Å²) in [5.41, 5.74) is 5.15. The lowest BCUT2D eigenvalue weighted by molar-refractivity contribution is 0.0821. The molecular formula is C39H37F2N7O2. The summed E-state index contributed by atoms with van der Waals surface area (Å²) in [4.78, 5) is 32.6. The molecule has 254 valence electrons. The van der Waals surface area contributed by atoms with Crippen molar-refractivity contribution in [2.45, 2.75) is 13.8 Å². The topological polar surface area (TPSA) is 105 Å². The van der Waals surface area contributed by atoms with Gasteiger partial charge < -0.3 is 9.80 Å². The summed E-state index contributed by atoms with van der Waals surface area (Å²) in [5.74, 6) is -1.95. The Kier molecular flexibility index (Phi) is 12.6. The molecule has 0 atom stereocenters. The van der Waals surface area contributed by atoms with Crippen molar-refractivity contribution in [3.05, 3.63) is 139 Å². The Morgan fingerprint density at radius 2 is 1.04 bits per heavy atom. The predicted molar refractivity (Wildman–Crippen MR) is 191 cm³/mol. The zero-order chi connectivity index (χ0) is 36.2. The van der Waals surface area contributed by atoms with Crippen LogP contribution in [-0.4, -0.2) is 75.2 Å². The van der Waals surface area contributed by atoms with Crippen LogP contribution in [0.5, 0.6) is 0 Å². The number of amides is 2. The first-order valence-electron chi connectivity index (χ1n) is 15.8. The molecule has 9 nitrogen and oxygen atoms in total. The van der Waals surface area contributed by atoms with Crippen molar-refractivity contribution in [2.24, 2.45) is 0 Å². The molecule has 6 rings (SSSR count). The van der Waals surface area contributed by atoms with E-state index in [1.165, 1.54) is 17.2 Å². The van der Waals surface area contributed by atoms with Gasteiger partial charge >= 0.3 is 0 Å². The molecule has 2 amide bonds. The normalized spacial score (nSPS) is 10.2. The van der Waals surface area contributed by atoms with E-state index in [0.717, 1.165) is 34.4 Å². The number of carbonyl (C=O) groups excluding carboxylic acids is 2. The molecule has 0 unspecified atom stereocenters. The quantitative estimate of drug-likeness (QED) is 0.178. The van der Waals surface area contributed by atoms with E-state index in [0.29, 0.717) is 16.8 Å². The van der Waals surface area contributed by atoms with Crippen molar-refractivity contribution in [1.29, 1.82) is 0 Å². The molecule has 0 aliphatic heterocycles. The zero-order valence-electron chi connectivity index (χ0n) is 28.7. The second kappa shape index (κ2) is 17.3. The molecule has 3 aromatic heterocycles. The third-order valence-electron chi connectivity index (χ3n) is 7.23. The van der Waals surface area contributed by atoms with Crippen LogP contribution in [-0.2, 0) is 0 Å². The maximum Gasteiger partial charge on any atom is 0.256 e. The van der Waals surface area contributed by atoms with Crippen molar-refractivity contribution in [3.63, 3.8) is 0 Å². The molecule has 0 aliphatic rings. The molecule has 0 saturated carbocycles. The van der Waals surface area contributed by atoms with Gasteiger partial charge in [0.15, 0.2) is 0 Å². The van der Waals surface area contributed by atoms with Crippen LogP contribution in [0, 0.1) is 11.6 Å². The summed E-state index contributed by atoms with van der Waals surface area (Å²) in [6.45, 7) is 4.00. The first-order valence-corrected chi connectivity index (χ1v) is 15.8. The Bertz CT molecular complexity index is 1990. The minimum Gasteiger partial charge on any atom is -0.345 e. The van der Waals surface area contributed by atoms with Crippen molar-refractivity contribution >= 4 is 11.8 Å². The summed E-state index contributed by atoms with van der Waals surface area (Å²) < 4.78 is 27.5. The average molecular weight is 674 g/mol. The number of halogens is 2. The molecule has 3 aromatic carbocycles. The number of rotatable bonds is 6. The minimum absolute atomic E-state index is 0.0249. The fraction of sp³-hybridized carbons (Fsp3) is 0.154. The molecule has 11 heteroatoms. The second-order valence-electron chi connectivity index (χ2n) is 11.0. The number of nitrogens with zero attached hydrogens (tertiary/aromatic N) is 7. The Balaban J connectivity index is 0.000000215. The molecule has 0 saturated heterocycles. The van der Waals surface area contributed by atoms with Gasteiger partial charge in [-0.15, -0.1) is 10.2 Å². The van der Waals surface area contributed by atoms with Gasteiger partial charge in [-0.3, -0.25) is 14.6 Å². The lowest BCUT2D eigenvalue weighted by Gasteiger charge is -2.17. The van der Waals surface area contributed by atoms with E-state index in [4.69, 9.17) is 0 Å². The predicted octanol–water partition coefficient (Wildman–Crippen LogP) is 7.72. The number of benzene rings is 3. The highest BCUT2D eigenvalue weighted by Gasteiger charge is 2.24. The molecule has 0 N–H and O–H groups in total. The fourth-order valence-corrected chi connectivity index (χ4v) is 4.90. The summed E-state index contributed by atoms with van der Waals surface area (Å²) in [6, 6.07) is 25.7. The third-order valence-corrected chi connectivity index (χ3v) is 7.23. The summed E-state index contributed by atoms with van der Waals surface area (Å²) in [5, 5.41) is 16.2. The van der Waals surface area contributed by atoms with Gasteiger partial charge in [0.05, 0.1) is 23.5 Å². The molecule has 0 aliphatic carbocycles. The van der Waals surface area contributed by atoms with Gasteiger partial charge in [-0.2, -0.15) is 10.2 Å². The van der Waals surface area contributed by atoms with E-state index in [1.807, 2.05) is 86.6 Å². The summed E-state index contributed by atoms with van der Waals surface area (Å²) >= 11 is 0.